The molecule has 0 radical (unpaired) electrons. The molecule has 0 saturated carbocycles. The second kappa shape index (κ2) is 5.74. The molecule has 2 heterocycles. The highest BCUT2D eigenvalue weighted by molar-refractivity contribution is 9.11. The molecule has 0 amide bonds. The minimum atomic E-state index is -3.48. The minimum absolute atomic E-state index is 0.233. The van der Waals surface area contributed by atoms with Crippen LogP contribution >= 0.6 is 27.3 Å². The highest BCUT2D eigenvalue weighted by Crippen LogP contribution is 2.29. The maximum Gasteiger partial charge on any atom is 0.242 e. The maximum atomic E-state index is 12.3. The van der Waals surface area contributed by atoms with Gasteiger partial charge in [-0.25, -0.2) is 13.1 Å². The fourth-order valence-electron chi connectivity index (χ4n) is 1.75. The largest absolute Gasteiger partial charge is 0.271 e. The van der Waals surface area contributed by atoms with Gasteiger partial charge in [-0.15, -0.1) is 11.3 Å². The average molecular weight is 364 g/mol. The normalized spacial score (nSPS) is 13.6. The van der Waals surface area contributed by atoms with Gasteiger partial charge in [0.15, 0.2) is 0 Å². The summed E-state index contributed by atoms with van der Waals surface area (Å²) >= 11 is 4.71. The van der Waals surface area contributed by atoms with Crippen molar-refractivity contribution >= 4 is 37.3 Å². The van der Waals surface area contributed by atoms with Crippen LogP contribution in [0.1, 0.15) is 11.8 Å². The predicted molar refractivity (Wildman–Crippen MR) is 78.8 cm³/mol. The molecule has 0 bridgehead atoms. The van der Waals surface area contributed by atoms with Crippen molar-refractivity contribution in [3.8, 4) is 0 Å². The summed E-state index contributed by atoms with van der Waals surface area (Å²) in [6.45, 7) is 4.11. The van der Waals surface area contributed by atoms with Crippen LogP contribution < -0.4 is 4.72 Å². The van der Waals surface area contributed by atoms with Gasteiger partial charge in [-0.1, -0.05) is 0 Å². The first-order valence-corrected chi connectivity index (χ1v) is 8.73. The minimum Gasteiger partial charge on any atom is -0.271 e. The van der Waals surface area contributed by atoms with Crippen molar-refractivity contribution in [3.63, 3.8) is 0 Å². The second-order valence-corrected chi connectivity index (χ2v) is 8.54. The van der Waals surface area contributed by atoms with Crippen molar-refractivity contribution in [1.82, 2.24) is 14.5 Å². The second-order valence-electron chi connectivity index (χ2n) is 4.22. The van der Waals surface area contributed by atoms with E-state index >= 15 is 0 Å². The average Bonchev–Trinajstić information content (AvgIpc) is 2.87. The zero-order valence-corrected chi connectivity index (χ0v) is 13.7. The molecule has 0 saturated heterocycles. The van der Waals surface area contributed by atoms with Crippen molar-refractivity contribution in [2.24, 2.45) is 0 Å². The molecule has 0 fully saturated rings. The van der Waals surface area contributed by atoms with Crippen LogP contribution in [0.15, 0.2) is 33.2 Å². The van der Waals surface area contributed by atoms with E-state index in [2.05, 4.69) is 25.8 Å². The van der Waals surface area contributed by atoms with E-state index in [-0.39, 0.29) is 6.04 Å². The molecule has 1 N–H and O–H groups in total. The predicted octanol–water partition coefficient (Wildman–Crippen LogP) is 2.38. The third-order valence-electron chi connectivity index (χ3n) is 2.51. The Kier molecular flexibility index (Phi) is 4.44. The van der Waals surface area contributed by atoms with E-state index < -0.39 is 10.0 Å². The third kappa shape index (κ3) is 3.65. The first kappa shape index (κ1) is 14.7. The molecule has 0 aliphatic rings. The van der Waals surface area contributed by atoms with E-state index in [0.29, 0.717) is 11.4 Å². The van der Waals surface area contributed by atoms with Crippen molar-refractivity contribution in [3.05, 3.63) is 33.2 Å². The Balaban J connectivity index is 2.11. The lowest BCUT2D eigenvalue weighted by Gasteiger charge is -2.14. The number of hydrogen-bond donors (Lipinski definition) is 1. The molecule has 0 aliphatic heterocycles. The van der Waals surface area contributed by atoms with Gasteiger partial charge in [0.05, 0.1) is 15.2 Å². The zero-order valence-electron chi connectivity index (χ0n) is 10.5. The number of hydrogen-bond acceptors (Lipinski definition) is 4. The summed E-state index contributed by atoms with van der Waals surface area (Å²) in [7, 11) is -3.48. The number of sulfonamides is 1. The molecule has 0 aromatic carbocycles. The highest BCUT2D eigenvalue weighted by atomic mass is 79.9. The van der Waals surface area contributed by atoms with E-state index in [9.17, 15) is 8.42 Å². The summed E-state index contributed by atoms with van der Waals surface area (Å²) in [6, 6.07) is 3.20. The smallest absolute Gasteiger partial charge is 0.242 e. The summed E-state index contributed by atoms with van der Waals surface area (Å²) in [6.07, 6.45) is 3.47. The Morgan fingerprint density at radius 3 is 2.84 bits per heavy atom. The molecule has 1 unspecified atom stereocenters. The van der Waals surface area contributed by atoms with Crippen LogP contribution in [0.3, 0.4) is 0 Å². The van der Waals surface area contributed by atoms with Crippen LogP contribution in [-0.4, -0.2) is 24.2 Å². The molecule has 2 aromatic rings. The van der Waals surface area contributed by atoms with Crippen molar-refractivity contribution in [2.75, 3.05) is 0 Å². The Hall–Kier alpha value is -0.700. The van der Waals surface area contributed by atoms with E-state index in [1.165, 1.54) is 11.3 Å². The lowest BCUT2D eigenvalue weighted by molar-refractivity contribution is 0.494. The molecule has 104 valence electrons. The Morgan fingerprint density at radius 2 is 2.32 bits per heavy atom. The Bertz CT molecular complexity index is 650. The molecule has 0 spiro atoms. The maximum absolute atomic E-state index is 12.3. The van der Waals surface area contributed by atoms with Crippen molar-refractivity contribution in [1.29, 1.82) is 0 Å². The summed E-state index contributed by atoms with van der Waals surface area (Å²) in [5, 5.41) is 4.06. The van der Waals surface area contributed by atoms with Crippen LogP contribution in [0.2, 0.25) is 0 Å². The lowest BCUT2D eigenvalue weighted by Crippen LogP contribution is -2.35. The van der Waals surface area contributed by atoms with E-state index in [4.69, 9.17) is 0 Å². The zero-order chi connectivity index (χ0) is 14.0. The van der Waals surface area contributed by atoms with Crippen molar-refractivity contribution < 1.29 is 8.42 Å². The summed E-state index contributed by atoms with van der Waals surface area (Å²) < 4.78 is 29.7. The van der Waals surface area contributed by atoms with Gasteiger partial charge in [-0.2, -0.15) is 5.10 Å². The van der Waals surface area contributed by atoms with Crippen LogP contribution in [0.4, 0.5) is 0 Å². The third-order valence-corrected chi connectivity index (χ3v) is 5.91. The number of rotatable bonds is 5. The highest BCUT2D eigenvalue weighted by Gasteiger charge is 2.21. The standard InChI is InChI=1S/C11H14BrN3O2S2/c1-8(7-15-5-3-4-13-15)14-19(16,17)10-6-11(12)18-9(10)2/h3-6,8,14H,7H2,1-2H3. The number of nitrogens with one attached hydrogen (secondary N) is 1. The lowest BCUT2D eigenvalue weighted by atomic mass is 10.4. The monoisotopic (exact) mass is 363 g/mol. The molecule has 5 nitrogen and oxygen atoms in total. The van der Waals surface area contributed by atoms with Crippen LogP contribution in [0.5, 0.6) is 0 Å². The van der Waals surface area contributed by atoms with Gasteiger partial charge in [-0.05, 0) is 41.9 Å². The van der Waals surface area contributed by atoms with Gasteiger partial charge in [0, 0.05) is 23.3 Å². The van der Waals surface area contributed by atoms with Gasteiger partial charge in [0.1, 0.15) is 0 Å². The molecular weight excluding hydrogens is 350 g/mol. The van der Waals surface area contributed by atoms with E-state index in [1.807, 2.05) is 6.92 Å². The summed E-state index contributed by atoms with van der Waals surface area (Å²) in [4.78, 5) is 1.10. The quantitative estimate of drug-likeness (QED) is 0.886. The van der Waals surface area contributed by atoms with E-state index in [1.54, 1.807) is 36.1 Å². The molecule has 0 aliphatic carbocycles. The van der Waals surface area contributed by atoms with Crippen molar-refractivity contribution in [2.45, 2.75) is 31.3 Å². The fraction of sp³-hybridized carbons (Fsp3) is 0.364. The molecular formula is C11H14BrN3O2S2. The molecule has 19 heavy (non-hydrogen) atoms. The molecule has 8 heteroatoms. The first-order valence-electron chi connectivity index (χ1n) is 5.64. The number of aromatic nitrogens is 2. The van der Waals surface area contributed by atoms with Gasteiger partial charge in [0.2, 0.25) is 10.0 Å². The number of nitrogens with zero attached hydrogens (tertiary/aromatic N) is 2. The topological polar surface area (TPSA) is 64.0 Å². The van der Waals surface area contributed by atoms with Crippen LogP contribution in [0.25, 0.3) is 0 Å². The summed E-state index contributed by atoms with van der Waals surface area (Å²) in [5.41, 5.74) is 0. The number of aryl methyl sites for hydroxylation is 1. The van der Waals surface area contributed by atoms with Gasteiger partial charge >= 0.3 is 0 Å². The molecule has 2 aromatic heterocycles. The number of halogens is 1. The Morgan fingerprint density at radius 1 is 1.58 bits per heavy atom. The van der Waals surface area contributed by atoms with Gasteiger partial charge < -0.3 is 0 Å². The van der Waals surface area contributed by atoms with Gasteiger partial charge in [0.25, 0.3) is 0 Å². The van der Waals surface area contributed by atoms with Crippen LogP contribution in [0, 0.1) is 6.92 Å². The number of thiophene rings is 1. The van der Waals surface area contributed by atoms with Crippen LogP contribution in [-0.2, 0) is 16.6 Å². The SMILES string of the molecule is Cc1sc(Br)cc1S(=O)(=O)NC(C)Cn1cccn1. The first-order chi connectivity index (χ1) is 8.88. The Labute approximate surface area is 124 Å². The van der Waals surface area contributed by atoms with Gasteiger partial charge in [-0.3, -0.25) is 4.68 Å². The molecule has 1 atom stereocenters. The van der Waals surface area contributed by atoms with E-state index in [0.717, 1.165) is 8.66 Å². The summed E-state index contributed by atoms with van der Waals surface area (Å²) in [5.74, 6) is 0. The fourth-order valence-corrected chi connectivity index (χ4v) is 5.40. The molecule has 2 rings (SSSR count).